The largest absolute Gasteiger partial charge is 0.431 e. The SMILES string of the molecule is C[C@]12CC[C@H](NC(=O)CN)CC1CC[C@@H]1[C@@H]2CC[C@]2(C)[C@@H](c3ccc(=O)oc3)CC[C@]12O. The van der Waals surface area contributed by atoms with Crippen LogP contribution in [0.1, 0.15) is 83.1 Å². The zero-order chi connectivity index (χ0) is 22.7. The molecule has 4 saturated carbocycles. The quantitative estimate of drug-likeness (QED) is 0.666. The highest BCUT2D eigenvalue weighted by molar-refractivity contribution is 5.78. The summed E-state index contributed by atoms with van der Waals surface area (Å²) in [5.41, 5.74) is 5.61. The molecule has 0 radical (unpaired) electrons. The standard InChI is InChI=1S/C26H38N2O4/c1-24-10-7-18(28-22(29)14-27)13-17(24)4-5-21-20(24)8-11-25(2)19(9-12-26(21,25)31)16-3-6-23(30)32-15-16/h3,6,15,17-21,31H,4-5,7-14,27H2,1-2H3,(H,28,29)/t17?,18-,19+,20-,21+,24-,25+,26-/m0/s1. The lowest BCUT2D eigenvalue weighted by Crippen LogP contribution is -2.62. The number of carbonyl (C=O) groups is 1. The van der Waals surface area contributed by atoms with E-state index in [1.165, 1.54) is 6.07 Å². The highest BCUT2D eigenvalue weighted by atomic mass is 16.4. The van der Waals surface area contributed by atoms with Crippen LogP contribution in [-0.2, 0) is 4.79 Å². The molecular formula is C26H38N2O4. The van der Waals surface area contributed by atoms with E-state index in [2.05, 4.69) is 19.2 Å². The number of carbonyl (C=O) groups excluding carboxylic acids is 1. The zero-order valence-electron chi connectivity index (χ0n) is 19.4. The van der Waals surface area contributed by atoms with E-state index in [-0.39, 0.29) is 40.9 Å². The molecule has 4 aliphatic carbocycles. The van der Waals surface area contributed by atoms with Crippen LogP contribution in [0.15, 0.2) is 27.6 Å². The lowest BCUT2D eigenvalue weighted by molar-refractivity contribution is -0.202. The Bertz CT molecular complexity index is 926. The van der Waals surface area contributed by atoms with Gasteiger partial charge in [0.2, 0.25) is 5.91 Å². The van der Waals surface area contributed by atoms with Crippen LogP contribution < -0.4 is 16.7 Å². The molecule has 1 aromatic rings. The maximum Gasteiger partial charge on any atom is 0.335 e. The van der Waals surface area contributed by atoms with Crippen molar-refractivity contribution in [3.05, 3.63) is 34.4 Å². The van der Waals surface area contributed by atoms with E-state index in [0.29, 0.717) is 17.8 Å². The Morgan fingerprint density at radius 2 is 1.94 bits per heavy atom. The molecule has 0 bridgehead atoms. The predicted octanol–water partition coefficient (Wildman–Crippen LogP) is 3.32. The van der Waals surface area contributed by atoms with E-state index in [1.54, 1.807) is 6.26 Å². The van der Waals surface area contributed by atoms with E-state index in [1.807, 2.05) is 6.07 Å². The van der Waals surface area contributed by atoms with E-state index in [4.69, 9.17) is 10.2 Å². The van der Waals surface area contributed by atoms with Crippen LogP contribution in [0.3, 0.4) is 0 Å². The highest BCUT2D eigenvalue weighted by Crippen LogP contribution is 2.70. The first-order chi connectivity index (χ1) is 15.2. The summed E-state index contributed by atoms with van der Waals surface area (Å²) >= 11 is 0. The first-order valence-corrected chi connectivity index (χ1v) is 12.5. The molecule has 0 saturated heterocycles. The lowest BCUT2D eigenvalue weighted by atomic mass is 9.43. The van der Waals surface area contributed by atoms with Crippen molar-refractivity contribution in [2.24, 2.45) is 34.3 Å². The van der Waals surface area contributed by atoms with Gasteiger partial charge in [-0.3, -0.25) is 4.79 Å². The number of hydrogen-bond donors (Lipinski definition) is 3. The third-order valence-corrected chi connectivity index (χ3v) is 10.5. The highest BCUT2D eigenvalue weighted by Gasteiger charge is 2.67. The van der Waals surface area contributed by atoms with Crippen molar-refractivity contribution in [1.82, 2.24) is 5.32 Å². The van der Waals surface area contributed by atoms with Gasteiger partial charge in [-0.15, -0.1) is 0 Å². The monoisotopic (exact) mass is 442 g/mol. The molecule has 0 aromatic carbocycles. The molecule has 5 rings (SSSR count). The van der Waals surface area contributed by atoms with Crippen LogP contribution >= 0.6 is 0 Å². The van der Waals surface area contributed by atoms with Gasteiger partial charge in [-0.25, -0.2) is 4.79 Å². The van der Waals surface area contributed by atoms with E-state index >= 15 is 0 Å². The summed E-state index contributed by atoms with van der Waals surface area (Å²) in [6.45, 7) is 4.79. The summed E-state index contributed by atoms with van der Waals surface area (Å²) in [5, 5.41) is 15.4. The fraction of sp³-hybridized carbons (Fsp3) is 0.769. The van der Waals surface area contributed by atoms with Crippen LogP contribution in [-0.4, -0.2) is 29.2 Å². The van der Waals surface area contributed by atoms with Crippen LogP contribution in [0.4, 0.5) is 0 Å². The Labute approximate surface area is 190 Å². The lowest BCUT2D eigenvalue weighted by Gasteiger charge is -2.63. The predicted molar refractivity (Wildman–Crippen MR) is 122 cm³/mol. The second-order valence-corrected chi connectivity index (χ2v) is 11.6. The minimum absolute atomic E-state index is 0.0521. The Morgan fingerprint density at radius 3 is 2.66 bits per heavy atom. The average Bonchev–Trinajstić information content (AvgIpc) is 3.06. The van der Waals surface area contributed by atoms with E-state index in [0.717, 1.165) is 63.4 Å². The second kappa shape index (κ2) is 7.69. The first kappa shape index (κ1) is 22.1. The van der Waals surface area contributed by atoms with Crippen molar-refractivity contribution in [3.8, 4) is 0 Å². The van der Waals surface area contributed by atoms with Gasteiger partial charge in [0.05, 0.1) is 18.4 Å². The van der Waals surface area contributed by atoms with Gasteiger partial charge in [0.25, 0.3) is 0 Å². The normalized spacial score (nSPS) is 45.4. The van der Waals surface area contributed by atoms with Crippen molar-refractivity contribution in [2.45, 2.75) is 89.2 Å². The molecule has 32 heavy (non-hydrogen) atoms. The first-order valence-electron chi connectivity index (χ1n) is 12.5. The average molecular weight is 443 g/mol. The molecule has 0 spiro atoms. The molecule has 6 nitrogen and oxygen atoms in total. The van der Waals surface area contributed by atoms with Gasteiger partial charge >= 0.3 is 5.63 Å². The number of amides is 1. The molecule has 4 aliphatic rings. The van der Waals surface area contributed by atoms with Crippen molar-refractivity contribution in [3.63, 3.8) is 0 Å². The topological polar surface area (TPSA) is 106 Å². The van der Waals surface area contributed by atoms with Gasteiger partial charge < -0.3 is 20.6 Å². The molecule has 4 fully saturated rings. The molecule has 176 valence electrons. The summed E-state index contributed by atoms with van der Waals surface area (Å²) in [7, 11) is 0. The van der Waals surface area contributed by atoms with Crippen molar-refractivity contribution in [1.29, 1.82) is 0 Å². The van der Waals surface area contributed by atoms with Gasteiger partial charge in [0, 0.05) is 17.5 Å². The molecule has 1 heterocycles. The van der Waals surface area contributed by atoms with Crippen LogP contribution in [0, 0.1) is 28.6 Å². The van der Waals surface area contributed by atoms with Gasteiger partial charge in [-0.1, -0.05) is 13.8 Å². The Morgan fingerprint density at radius 1 is 1.12 bits per heavy atom. The summed E-state index contributed by atoms with van der Waals surface area (Å²) in [4.78, 5) is 23.3. The molecular weight excluding hydrogens is 404 g/mol. The van der Waals surface area contributed by atoms with E-state index in [9.17, 15) is 14.7 Å². The van der Waals surface area contributed by atoms with Crippen LogP contribution in [0.25, 0.3) is 0 Å². The molecule has 1 aromatic heterocycles. The number of hydrogen-bond acceptors (Lipinski definition) is 5. The molecule has 4 N–H and O–H groups in total. The van der Waals surface area contributed by atoms with Crippen molar-refractivity contribution >= 4 is 5.91 Å². The fourth-order valence-corrected chi connectivity index (χ4v) is 8.74. The Balaban J connectivity index is 1.39. The van der Waals surface area contributed by atoms with Gasteiger partial charge in [0.15, 0.2) is 0 Å². The minimum atomic E-state index is -0.671. The van der Waals surface area contributed by atoms with E-state index < -0.39 is 5.60 Å². The van der Waals surface area contributed by atoms with Gasteiger partial charge in [0.1, 0.15) is 0 Å². The van der Waals surface area contributed by atoms with Gasteiger partial charge in [-0.2, -0.15) is 0 Å². The second-order valence-electron chi connectivity index (χ2n) is 11.6. The third-order valence-electron chi connectivity index (χ3n) is 10.5. The number of nitrogens with two attached hydrogens (primary N) is 1. The van der Waals surface area contributed by atoms with Crippen LogP contribution in [0.2, 0.25) is 0 Å². The molecule has 6 heteroatoms. The van der Waals surface area contributed by atoms with Crippen molar-refractivity contribution < 1.29 is 14.3 Å². The maximum atomic E-state index is 12.3. The summed E-state index contributed by atoms with van der Waals surface area (Å²) in [5.74, 6) is 1.61. The maximum absolute atomic E-state index is 12.3. The Hall–Kier alpha value is -1.66. The van der Waals surface area contributed by atoms with Crippen LogP contribution in [0.5, 0.6) is 0 Å². The summed E-state index contributed by atoms with van der Waals surface area (Å²) < 4.78 is 5.19. The smallest absolute Gasteiger partial charge is 0.335 e. The van der Waals surface area contributed by atoms with Gasteiger partial charge in [-0.05, 0) is 98.5 Å². The Kier molecular flexibility index (Phi) is 5.33. The third kappa shape index (κ3) is 3.12. The number of nitrogens with one attached hydrogen (secondary N) is 1. The molecule has 1 unspecified atom stereocenters. The summed E-state index contributed by atoms with van der Waals surface area (Å²) in [6, 6.07) is 3.64. The number of aliphatic hydroxyl groups is 1. The molecule has 8 atom stereocenters. The number of fused-ring (bicyclic) bond motifs is 5. The number of rotatable bonds is 3. The molecule has 0 aliphatic heterocycles. The van der Waals surface area contributed by atoms with Crippen molar-refractivity contribution in [2.75, 3.05) is 6.54 Å². The minimum Gasteiger partial charge on any atom is -0.431 e. The summed E-state index contributed by atoms with van der Waals surface area (Å²) in [6.07, 6.45) is 10.9. The fourth-order valence-electron chi connectivity index (χ4n) is 8.74. The molecule has 1 amide bonds. The zero-order valence-corrected chi connectivity index (χ0v) is 19.4.